The topological polar surface area (TPSA) is 73.6 Å². The number of ether oxygens (including phenoxy) is 2. The molecule has 0 spiro atoms. The summed E-state index contributed by atoms with van der Waals surface area (Å²) >= 11 is 0. The van der Waals surface area contributed by atoms with E-state index in [2.05, 4.69) is 5.32 Å². The van der Waals surface area contributed by atoms with E-state index in [9.17, 15) is 4.79 Å². The Morgan fingerprint density at radius 3 is 2.43 bits per heavy atom. The van der Waals surface area contributed by atoms with Crippen LogP contribution >= 0.6 is 12.4 Å². The Morgan fingerprint density at radius 1 is 1.24 bits per heavy atom. The molecule has 0 heterocycles. The molecule has 0 saturated heterocycles. The Morgan fingerprint density at radius 2 is 1.86 bits per heavy atom. The summed E-state index contributed by atoms with van der Waals surface area (Å²) in [4.78, 5) is 12.0. The maximum atomic E-state index is 12.0. The Labute approximate surface area is 132 Å². The van der Waals surface area contributed by atoms with Gasteiger partial charge in [-0.05, 0) is 44.5 Å². The third-order valence-corrected chi connectivity index (χ3v) is 2.82. The molecule has 0 aliphatic rings. The molecule has 0 aromatic heterocycles. The van der Waals surface area contributed by atoms with Crippen LogP contribution in [0.3, 0.4) is 0 Å². The first kappa shape index (κ1) is 19.5. The van der Waals surface area contributed by atoms with E-state index in [1.807, 2.05) is 20.8 Å². The molecular weight excluding hydrogens is 292 g/mol. The first-order valence-electron chi connectivity index (χ1n) is 7.00. The zero-order valence-corrected chi connectivity index (χ0v) is 13.7. The number of hydrogen-bond acceptors (Lipinski definition) is 4. The SMILES string of the molecule is CCOc1ccc(C(=O)NCC(C)CN)cc1OCC.Cl. The van der Waals surface area contributed by atoms with Crippen molar-refractivity contribution in [3.8, 4) is 11.5 Å². The molecule has 1 atom stereocenters. The van der Waals surface area contributed by atoms with E-state index >= 15 is 0 Å². The van der Waals surface area contributed by atoms with Crippen molar-refractivity contribution in [1.29, 1.82) is 0 Å². The molecule has 6 heteroatoms. The zero-order chi connectivity index (χ0) is 15.0. The van der Waals surface area contributed by atoms with Crippen molar-refractivity contribution in [3.63, 3.8) is 0 Å². The largest absolute Gasteiger partial charge is 0.490 e. The number of carbonyl (C=O) groups is 1. The first-order chi connectivity index (χ1) is 9.62. The van der Waals surface area contributed by atoms with Gasteiger partial charge in [-0.15, -0.1) is 12.4 Å². The minimum Gasteiger partial charge on any atom is -0.490 e. The molecular formula is C15H25ClN2O3. The minimum absolute atomic E-state index is 0. The maximum Gasteiger partial charge on any atom is 0.251 e. The van der Waals surface area contributed by atoms with Crippen LogP contribution in [-0.2, 0) is 0 Å². The van der Waals surface area contributed by atoms with E-state index in [0.717, 1.165) is 0 Å². The molecule has 1 aromatic rings. The number of hydrogen-bond donors (Lipinski definition) is 2. The lowest BCUT2D eigenvalue weighted by Crippen LogP contribution is -2.31. The predicted octanol–water partition coefficient (Wildman–Crippen LogP) is 2.23. The number of rotatable bonds is 8. The quantitative estimate of drug-likeness (QED) is 0.771. The van der Waals surface area contributed by atoms with E-state index in [0.29, 0.717) is 43.4 Å². The van der Waals surface area contributed by atoms with Gasteiger partial charge in [0.2, 0.25) is 0 Å². The van der Waals surface area contributed by atoms with Crippen molar-refractivity contribution in [3.05, 3.63) is 23.8 Å². The van der Waals surface area contributed by atoms with Crippen molar-refractivity contribution < 1.29 is 14.3 Å². The molecule has 0 aliphatic carbocycles. The summed E-state index contributed by atoms with van der Waals surface area (Å²) in [5.41, 5.74) is 6.08. The smallest absolute Gasteiger partial charge is 0.251 e. The number of amides is 1. The van der Waals surface area contributed by atoms with Gasteiger partial charge < -0.3 is 20.5 Å². The Hall–Kier alpha value is -1.46. The van der Waals surface area contributed by atoms with Crippen molar-refractivity contribution in [2.75, 3.05) is 26.3 Å². The van der Waals surface area contributed by atoms with Gasteiger partial charge in [0, 0.05) is 12.1 Å². The first-order valence-corrected chi connectivity index (χ1v) is 7.00. The molecule has 0 aliphatic heterocycles. The fourth-order valence-corrected chi connectivity index (χ4v) is 1.64. The molecule has 1 aromatic carbocycles. The van der Waals surface area contributed by atoms with Gasteiger partial charge in [-0.2, -0.15) is 0 Å². The van der Waals surface area contributed by atoms with Crippen molar-refractivity contribution >= 4 is 18.3 Å². The van der Waals surface area contributed by atoms with E-state index in [1.165, 1.54) is 0 Å². The Bertz CT molecular complexity index is 441. The molecule has 1 amide bonds. The van der Waals surface area contributed by atoms with Crippen LogP contribution in [0.15, 0.2) is 18.2 Å². The number of nitrogens with two attached hydrogens (primary N) is 1. The van der Waals surface area contributed by atoms with Gasteiger partial charge >= 0.3 is 0 Å². The lowest BCUT2D eigenvalue weighted by Gasteiger charge is -2.13. The van der Waals surface area contributed by atoms with Crippen LogP contribution in [0.5, 0.6) is 11.5 Å². The van der Waals surface area contributed by atoms with Gasteiger partial charge in [-0.1, -0.05) is 6.92 Å². The lowest BCUT2D eigenvalue weighted by atomic mass is 10.1. The molecule has 0 saturated carbocycles. The second kappa shape index (κ2) is 10.3. The number of nitrogens with one attached hydrogen (secondary N) is 1. The average molecular weight is 317 g/mol. The third-order valence-electron chi connectivity index (χ3n) is 2.82. The second-order valence-corrected chi connectivity index (χ2v) is 4.58. The highest BCUT2D eigenvalue weighted by Crippen LogP contribution is 2.28. The molecule has 0 bridgehead atoms. The van der Waals surface area contributed by atoms with Gasteiger partial charge in [-0.25, -0.2) is 0 Å². The van der Waals surface area contributed by atoms with Crippen LogP contribution < -0.4 is 20.5 Å². The highest BCUT2D eigenvalue weighted by Gasteiger charge is 2.12. The van der Waals surface area contributed by atoms with Crippen molar-refractivity contribution in [2.24, 2.45) is 11.7 Å². The maximum absolute atomic E-state index is 12.0. The van der Waals surface area contributed by atoms with Gasteiger partial charge in [0.1, 0.15) is 0 Å². The Kier molecular flexibility index (Phi) is 9.58. The van der Waals surface area contributed by atoms with Crippen LogP contribution in [0, 0.1) is 5.92 Å². The fraction of sp³-hybridized carbons (Fsp3) is 0.533. The van der Waals surface area contributed by atoms with E-state index in [-0.39, 0.29) is 24.2 Å². The highest BCUT2D eigenvalue weighted by molar-refractivity contribution is 5.94. The van der Waals surface area contributed by atoms with Crippen LogP contribution in [0.4, 0.5) is 0 Å². The van der Waals surface area contributed by atoms with Gasteiger partial charge in [0.05, 0.1) is 13.2 Å². The van der Waals surface area contributed by atoms with Gasteiger partial charge in [-0.3, -0.25) is 4.79 Å². The molecule has 1 unspecified atom stereocenters. The normalized spacial score (nSPS) is 11.2. The van der Waals surface area contributed by atoms with Crippen LogP contribution in [0.2, 0.25) is 0 Å². The fourth-order valence-electron chi connectivity index (χ4n) is 1.64. The predicted molar refractivity (Wildman–Crippen MR) is 86.6 cm³/mol. The Balaban J connectivity index is 0.00000400. The van der Waals surface area contributed by atoms with Crippen LogP contribution in [-0.4, -0.2) is 32.2 Å². The molecule has 120 valence electrons. The molecule has 21 heavy (non-hydrogen) atoms. The summed E-state index contributed by atoms with van der Waals surface area (Å²) in [6.45, 7) is 7.98. The van der Waals surface area contributed by atoms with Crippen LogP contribution in [0.25, 0.3) is 0 Å². The van der Waals surface area contributed by atoms with E-state index in [4.69, 9.17) is 15.2 Å². The summed E-state index contributed by atoms with van der Waals surface area (Å²) in [5, 5.41) is 2.86. The monoisotopic (exact) mass is 316 g/mol. The van der Waals surface area contributed by atoms with Crippen molar-refractivity contribution in [2.45, 2.75) is 20.8 Å². The summed E-state index contributed by atoms with van der Waals surface area (Å²) in [6.07, 6.45) is 0. The van der Waals surface area contributed by atoms with Crippen molar-refractivity contribution in [1.82, 2.24) is 5.32 Å². The van der Waals surface area contributed by atoms with E-state index < -0.39 is 0 Å². The molecule has 3 N–H and O–H groups in total. The van der Waals surface area contributed by atoms with Gasteiger partial charge in [0.25, 0.3) is 5.91 Å². The standard InChI is InChI=1S/C15H24N2O3.ClH/c1-4-19-13-7-6-12(8-14(13)20-5-2)15(18)17-10-11(3)9-16;/h6-8,11H,4-5,9-10,16H2,1-3H3,(H,17,18);1H. The summed E-state index contributed by atoms with van der Waals surface area (Å²) in [5.74, 6) is 1.37. The molecule has 5 nitrogen and oxygen atoms in total. The molecule has 0 fully saturated rings. The summed E-state index contributed by atoms with van der Waals surface area (Å²) in [6, 6.07) is 5.20. The minimum atomic E-state index is -0.130. The zero-order valence-electron chi connectivity index (χ0n) is 12.8. The lowest BCUT2D eigenvalue weighted by molar-refractivity contribution is 0.0948. The van der Waals surface area contributed by atoms with E-state index in [1.54, 1.807) is 18.2 Å². The second-order valence-electron chi connectivity index (χ2n) is 4.58. The number of halogens is 1. The number of carbonyl (C=O) groups excluding carboxylic acids is 1. The summed E-state index contributed by atoms with van der Waals surface area (Å²) in [7, 11) is 0. The molecule has 0 radical (unpaired) electrons. The average Bonchev–Trinajstić information content (AvgIpc) is 2.46. The summed E-state index contributed by atoms with van der Waals surface area (Å²) < 4.78 is 11.0. The van der Waals surface area contributed by atoms with Gasteiger partial charge in [0.15, 0.2) is 11.5 Å². The molecule has 1 rings (SSSR count). The highest BCUT2D eigenvalue weighted by atomic mass is 35.5. The van der Waals surface area contributed by atoms with Crippen LogP contribution in [0.1, 0.15) is 31.1 Å². The third kappa shape index (κ3) is 6.23. The number of benzene rings is 1.